The van der Waals surface area contributed by atoms with Crippen molar-refractivity contribution < 1.29 is 28.5 Å². The van der Waals surface area contributed by atoms with Gasteiger partial charge in [-0.3, -0.25) is 0 Å². The summed E-state index contributed by atoms with van der Waals surface area (Å²) in [5.74, 6) is 1.21. The molecule has 4 rings (SSSR count). The monoisotopic (exact) mass is 474 g/mol. The van der Waals surface area contributed by atoms with E-state index in [9.17, 15) is 9.59 Å². The fourth-order valence-electron chi connectivity index (χ4n) is 3.84. The second-order valence-electron chi connectivity index (χ2n) is 7.72. The second kappa shape index (κ2) is 10.6. The predicted molar refractivity (Wildman–Crippen MR) is 130 cm³/mol. The van der Waals surface area contributed by atoms with E-state index in [0.717, 1.165) is 11.3 Å². The smallest absolute Gasteiger partial charge is 0.338 e. The van der Waals surface area contributed by atoms with Crippen LogP contribution in [0.5, 0.6) is 17.2 Å². The second-order valence-corrected chi connectivity index (χ2v) is 7.72. The number of amides is 2. The average Bonchev–Trinajstić information content (AvgIpc) is 2.91. The Morgan fingerprint density at radius 1 is 0.886 bits per heavy atom. The van der Waals surface area contributed by atoms with Crippen LogP contribution in [0.4, 0.5) is 4.79 Å². The van der Waals surface area contributed by atoms with E-state index in [1.165, 1.54) is 14.2 Å². The molecule has 0 fully saturated rings. The molecule has 1 unspecified atom stereocenters. The van der Waals surface area contributed by atoms with Gasteiger partial charge < -0.3 is 29.6 Å². The van der Waals surface area contributed by atoms with E-state index in [1.54, 1.807) is 25.3 Å². The van der Waals surface area contributed by atoms with Crippen molar-refractivity contribution in [2.75, 3.05) is 21.3 Å². The van der Waals surface area contributed by atoms with Crippen molar-refractivity contribution in [1.29, 1.82) is 0 Å². The zero-order chi connectivity index (χ0) is 24.8. The molecule has 3 aromatic rings. The third-order valence-corrected chi connectivity index (χ3v) is 5.61. The van der Waals surface area contributed by atoms with Gasteiger partial charge in [0.15, 0.2) is 11.5 Å². The molecule has 2 N–H and O–H groups in total. The molecule has 0 radical (unpaired) electrons. The number of benzene rings is 3. The molecule has 180 valence electrons. The van der Waals surface area contributed by atoms with Gasteiger partial charge in [-0.15, -0.1) is 0 Å². The summed E-state index contributed by atoms with van der Waals surface area (Å²) in [5, 5.41) is 5.57. The maximum Gasteiger partial charge on any atom is 0.338 e. The lowest BCUT2D eigenvalue weighted by atomic mass is 9.92. The summed E-state index contributed by atoms with van der Waals surface area (Å²) < 4.78 is 21.8. The summed E-state index contributed by atoms with van der Waals surface area (Å²) in [4.78, 5) is 25.4. The Kier molecular flexibility index (Phi) is 7.21. The number of hydrogen-bond donors (Lipinski definition) is 2. The van der Waals surface area contributed by atoms with Crippen molar-refractivity contribution in [3.8, 4) is 17.2 Å². The first-order valence-corrected chi connectivity index (χ1v) is 10.9. The quantitative estimate of drug-likeness (QED) is 0.475. The van der Waals surface area contributed by atoms with Crippen molar-refractivity contribution in [3.05, 3.63) is 95.1 Å². The van der Waals surface area contributed by atoms with Crippen LogP contribution in [0.15, 0.2) is 78.4 Å². The number of carbonyl (C=O) groups excluding carboxylic acids is 2. The Balaban J connectivity index is 1.66. The normalized spacial score (nSPS) is 15.1. The van der Waals surface area contributed by atoms with E-state index < -0.39 is 18.0 Å². The van der Waals surface area contributed by atoms with E-state index >= 15 is 0 Å². The summed E-state index contributed by atoms with van der Waals surface area (Å²) >= 11 is 0. The molecule has 0 saturated carbocycles. The Labute approximate surface area is 203 Å². The van der Waals surface area contributed by atoms with Crippen molar-refractivity contribution in [3.63, 3.8) is 0 Å². The van der Waals surface area contributed by atoms with Crippen LogP contribution in [0.25, 0.3) is 5.70 Å². The van der Waals surface area contributed by atoms with Gasteiger partial charge in [-0.1, -0.05) is 48.5 Å². The van der Waals surface area contributed by atoms with E-state index in [1.807, 2.05) is 54.6 Å². The van der Waals surface area contributed by atoms with Crippen molar-refractivity contribution in [1.82, 2.24) is 10.6 Å². The van der Waals surface area contributed by atoms with E-state index in [-0.39, 0.29) is 5.57 Å². The molecule has 0 saturated heterocycles. The highest BCUT2D eigenvalue weighted by Crippen LogP contribution is 2.36. The first kappa shape index (κ1) is 23.7. The van der Waals surface area contributed by atoms with Crippen LogP contribution in [0.1, 0.15) is 22.7 Å². The summed E-state index contributed by atoms with van der Waals surface area (Å²) in [6, 6.07) is 20.8. The average molecular weight is 475 g/mol. The minimum Gasteiger partial charge on any atom is -0.497 e. The molecule has 1 heterocycles. The van der Waals surface area contributed by atoms with Crippen LogP contribution >= 0.6 is 0 Å². The number of rotatable bonds is 8. The molecule has 2 amide bonds. The van der Waals surface area contributed by atoms with Crippen molar-refractivity contribution in [2.45, 2.75) is 12.6 Å². The van der Waals surface area contributed by atoms with Crippen LogP contribution in [0.2, 0.25) is 0 Å². The number of carbonyl (C=O) groups is 2. The Morgan fingerprint density at radius 2 is 1.63 bits per heavy atom. The minimum atomic E-state index is -0.754. The van der Waals surface area contributed by atoms with Gasteiger partial charge in [0, 0.05) is 0 Å². The summed E-state index contributed by atoms with van der Waals surface area (Å²) in [6.07, 6.45) is 0. The number of esters is 1. The van der Waals surface area contributed by atoms with Gasteiger partial charge in [0.1, 0.15) is 12.4 Å². The molecule has 8 heteroatoms. The van der Waals surface area contributed by atoms with Gasteiger partial charge >= 0.3 is 12.0 Å². The Morgan fingerprint density at radius 3 is 2.29 bits per heavy atom. The number of methoxy groups -OCH3 is 3. The van der Waals surface area contributed by atoms with E-state index in [2.05, 4.69) is 10.6 Å². The Bertz CT molecular complexity index is 1240. The fraction of sp³-hybridized carbons (Fsp3) is 0.185. The lowest BCUT2D eigenvalue weighted by Gasteiger charge is -2.29. The highest BCUT2D eigenvalue weighted by atomic mass is 16.5. The maximum atomic E-state index is 12.8. The largest absolute Gasteiger partial charge is 0.497 e. The standard InChI is InChI=1S/C27H26N2O6/c1-32-20-12-9-17(10-13-20)16-35-21-14-11-19(15-22(21)33-2)25-23(26(30)34-3)24(28-27(31)29-25)18-7-5-4-6-8-18/h4-15,25H,16H2,1-3H3,(H2,28,29,31). The summed E-state index contributed by atoms with van der Waals surface area (Å²) in [5.41, 5.74) is 2.98. The first-order valence-electron chi connectivity index (χ1n) is 10.9. The van der Waals surface area contributed by atoms with Gasteiger partial charge in [-0.25, -0.2) is 9.59 Å². The third kappa shape index (κ3) is 5.22. The van der Waals surface area contributed by atoms with Crippen molar-refractivity contribution >= 4 is 17.7 Å². The van der Waals surface area contributed by atoms with E-state index in [4.69, 9.17) is 18.9 Å². The van der Waals surface area contributed by atoms with Crippen molar-refractivity contribution in [2.24, 2.45) is 0 Å². The predicted octanol–water partition coefficient (Wildman–Crippen LogP) is 4.22. The highest BCUT2D eigenvalue weighted by molar-refractivity contribution is 6.04. The molecule has 0 spiro atoms. The SMILES string of the molecule is COC(=O)C1=C(c2ccccc2)NC(=O)NC1c1ccc(OCc2ccc(OC)cc2)c(OC)c1. The van der Waals surface area contributed by atoms with Gasteiger partial charge in [0.2, 0.25) is 0 Å². The fourth-order valence-corrected chi connectivity index (χ4v) is 3.84. The highest BCUT2D eigenvalue weighted by Gasteiger charge is 2.34. The molecule has 0 aromatic heterocycles. The topological polar surface area (TPSA) is 95.1 Å². The number of nitrogens with one attached hydrogen (secondary N) is 2. The number of urea groups is 1. The van der Waals surface area contributed by atoms with Gasteiger partial charge in [0.05, 0.1) is 38.6 Å². The zero-order valence-electron chi connectivity index (χ0n) is 19.7. The molecule has 1 aliphatic heterocycles. The number of ether oxygens (including phenoxy) is 4. The molecule has 8 nitrogen and oxygen atoms in total. The summed E-state index contributed by atoms with van der Waals surface area (Å²) in [7, 11) is 4.46. The first-order chi connectivity index (χ1) is 17.0. The van der Waals surface area contributed by atoms with Crippen LogP contribution in [0, 0.1) is 0 Å². The molecule has 35 heavy (non-hydrogen) atoms. The van der Waals surface area contributed by atoms with Crippen LogP contribution in [-0.4, -0.2) is 33.3 Å². The lowest BCUT2D eigenvalue weighted by molar-refractivity contribution is -0.136. The molecular formula is C27H26N2O6. The third-order valence-electron chi connectivity index (χ3n) is 5.61. The molecule has 0 aliphatic carbocycles. The zero-order valence-corrected chi connectivity index (χ0v) is 19.7. The van der Waals surface area contributed by atoms with Crippen LogP contribution in [0.3, 0.4) is 0 Å². The molecule has 0 bridgehead atoms. The van der Waals surface area contributed by atoms with E-state index in [0.29, 0.717) is 34.9 Å². The summed E-state index contributed by atoms with van der Waals surface area (Å²) in [6.45, 7) is 0.329. The van der Waals surface area contributed by atoms with Gasteiger partial charge in [-0.2, -0.15) is 0 Å². The molecular weight excluding hydrogens is 448 g/mol. The maximum absolute atomic E-state index is 12.8. The molecule has 1 aliphatic rings. The minimum absolute atomic E-state index is 0.284. The molecule has 3 aromatic carbocycles. The van der Waals surface area contributed by atoms with Crippen LogP contribution in [-0.2, 0) is 16.1 Å². The van der Waals surface area contributed by atoms with Gasteiger partial charge in [-0.05, 0) is 41.0 Å². The van der Waals surface area contributed by atoms with Crippen LogP contribution < -0.4 is 24.8 Å². The lowest BCUT2D eigenvalue weighted by Crippen LogP contribution is -2.45. The molecule has 1 atom stereocenters. The Hall–Kier alpha value is -4.46. The number of hydrogen-bond acceptors (Lipinski definition) is 6. The van der Waals surface area contributed by atoms with Gasteiger partial charge in [0.25, 0.3) is 0 Å².